The summed E-state index contributed by atoms with van der Waals surface area (Å²) < 4.78 is 0. The lowest BCUT2D eigenvalue weighted by atomic mass is 9.81. The molecule has 2 fully saturated rings. The number of benzene rings is 1. The maximum atomic E-state index is 12.6. The number of fused-ring (bicyclic) bond motifs is 1. The molecular weight excluding hydrogens is 362 g/mol. The van der Waals surface area contributed by atoms with Crippen LogP contribution >= 0.6 is 11.3 Å². The van der Waals surface area contributed by atoms with Crippen LogP contribution in [0.1, 0.15) is 32.6 Å². The number of nitrogens with zero attached hydrogens (tertiary/aromatic N) is 2. The van der Waals surface area contributed by atoms with Gasteiger partial charge in [-0.25, -0.2) is 4.98 Å². The van der Waals surface area contributed by atoms with Crippen molar-refractivity contribution in [3.63, 3.8) is 0 Å². The molecule has 0 bridgehead atoms. The first-order valence-electron chi connectivity index (χ1n) is 9.24. The van der Waals surface area contributed by atoms with Crippen LogP contribution in [0.3, 0.4) is 0 Å². The third-order valence-electron chi connectivity index (χ3n) is 5.47. The molecule has 3 atom stereocenters. The standard InChI is InChI=1S/C20H21N3O3S/c1-12(23-19(25)15-4-2-3-5-16(15)20(23)26)17(24)22-14-8-6-13(7-9-14)18-21-10-11-27-18/h6-12,15-16H,2-5H2,1H3,(H,22,24)/t12-,15?,16?/m0/s1. The molecule has 4 rings (SSSR count). The summed E-state index contributed by atoms with van der Waals surface area (Å²) in [5.41, 5.74) is 1.61. The molecule has 3 amide bonds. The average Bonchev–Trinajstić information content (AvgIpc) is 3.30. The Bertz CT molecular complexity index is 839. The van der Waals surface area contributed by atoms with Crippen molar-refractivity contribution >= 4 is 34.7 Å². The second-order valence-electron chi connectivity index (χ2n) is 7.12. The minimum atomic E-state index is -0.811. The van der Waals surface area contributed by atoms with E-state index in [-0.39, 0.29) is 29.6 Å². The number of anilines is 1. The molecule has 1 aromatic carbocycles. The van der Waals surface area contributed by atoms with Crippen molar-refractivity contribution in [3.8, 4) is 10.6 Å². The highest BCUT2D eigenvalue weighted by Crippen LogP contribution is 2.39. The van der Waals surface area contributed by atoms with Crippen LogP contribution < -0.4 is 5.32 Å². The number of carbonyl (C=O) groups excluding carboxylic acids is 3. The molecule has 0 radical (unpaired) electrons. The predicted molar refractivity (Wildman–Crippen MR) is 103 cm³/mol. The van der Waals surface area contributed by atoms with Crippen LogP contribution in [0.5, 0.6) is 0 Å². The molecule has 1 aliphatic carbocycles. The van der Waals surface area contributed by atoms with E-state index < -0.39 is 6.04 Å². The molecule has 1 aromatic heterocycles. The van der Waals surface area contributed by atoms with Crippen LogP contribution in [0.15, 0.2) is 35.8 Å². The smallest absolute Gasteiger partial charge is 0.247 e. The second kappa shape index (κ2) is 7.23. The number of imide groups is 1. The Kier molecular flexibility index (Phi) is 4.78. The van der Waals surface area contributed by atoms with Gasteiger partial charge in [0.25, 0.3) is 0 Å². The van der Waals surface area contributed by atoms with Crippen molar-refractivity contribution in [1.82, 2.24) is 9.88 Å². The van der Waals surface area contributed by atoms with Gasteiger partial charge in [0.05, 0.1) is 11.8 Å². The lowest BCUT2D eigenvalue weighted by molar-refractivity contribution is -0.146. The fraction of sp³-hybridized carbons (Fsp3) is 0.400. The summed E-state index contributed by atoms with van der Waals surface area (Å²) in [6.45, 7) is 1.62. The first-order chi connectivity index (χ1) is 13.1. The zero-order valence-electron chi connectivity index (χ0n) is 15.1. The van der Waals surface area contributed by atoms with Crippen LogP contribution in [0, 0.1) is 11.8 Å². The minimum absolute atomic E-state index is 0.188. The van der Waals surface area contributed by atoms with Gasteiger partial charge in [-0.2, -0.15) is 0 Å². The zero-order chi connectivity index (χ0) is 19.0. The van der Waals surface area contributed by atoms with E-state index in [4.69, 9.17) is 0 Å². The highest BCUT2D eigenvalue weighted by Gasteiger charge is 2.50. The van der Waals surface area contributed by atoms with Crippen LogP contribution in [-0.4, -0.2) is 33.6 Å². The van der Waals surface area contributed by atoms with E-state index in [1.54, 1.807) is 36.6 Å². The molecule has 27 heavy (non-hydrogen) atoms. The van der Waals surface area contributed by atoms with Crippen LogP contribution in [0.25, 0.3) is 10.6 Å². The third kappa shape index (κ3) is 3.27. The second-order valence-corrected chi connectivity index (χ2v) is 8.02. The predicted octanol–water partition coefficient (Wildman–Crippen LogP) is 3.31. The minimum Gasteiger partial charge on any atom is -0.324 e. The molecule has 1 saturated heterocycles. The molecular formula is C20H21N3O3S. The third-order valence-corrected chi connectivity index (χ3v) is 6.30. The summed E-state index contributed by atoms with van der Waals surface area (Å²) in [6.07, 6.45) is 5.19. The normalized spacial score (nSPS) is 23.2. The highest BCUT2D eigenvalue weighted by molar-refractivity contribution is 7.13. The molecule has 2 aromatic rings. The van der Waals surface area contributed by atoms with Gasteiger partial charge in [-0.1, -0.05) is 12.8 Å². The number of thiazole rings is 1. The number of carbonyl (C=O) groups is 3. The lowest BCUT2D eigenvalue weighted by Gasteiger charge is -2.22. The van der Waals surface area contributed by atoms with Crippen molar-refractivity contribution in [1.29, 1.82) is 0 Å². The monoisotopic (exact) mass is 383 g/mol. The maximum Gasteiger partial charge on any atom is 0.247 e. The Balaban J connectivity index is 1.45. The van der Waals surface area contributed by atoms with E-state index in [0.717, 1.165) is 36.3 Å². The van der Waals surface area contributed by atoms with E-state index in [1.807, 2.05) is 17.5 Å². The Hall–Kier alpha value is -2.54. The zero-order valence-corrected chi connectivity index (χ0v) is 15.9. The molecule has 2 unspecified atom stereocenters. The van der Waals surface area contributed by atoms with Gasteiger partial charge in [0.15, 0.2) is 0 Å². The number of likely N-dealkylation sites (tertiary alicyclic amines) is 1. The van der Waals surface area contributed by atoms with E-state index in [9.17, 15) is 14.4 Å². The van der Waals surface area contributed by atoms with Gasteiger partial charge in [-0.3, -0.25) is 19.3 Å². The lowest BCUT2D eigenvalue weighted by Crippen LogP contribution is -2.46. The molecule has 1 saturated carbocycles. The first kappa shape index (κ1) is 17.9. The Labute approximate surface area is 161 Å². The van der Waals surface area contributed by atoms with Crippen LogP contribution in [-0.2, 0) is 14.4 Å². The molecule has 1 aliphatic heterocycles. The molecule has 140 valence electrons. The van der Waals surface area contributed by atoms with E-state index >= 15 is 0 Å². The molecule has 6 nitrogen and oxygen atoms in total. The van der Waals surface area contributed by atoms with Crippen molar-refractivity contribution < 1.29 is 14.4 Å². The number of nitrogens with one attached hydrogen (secondary N) is 1. The van der Waals surface area contributed by atoms with E-state index in [2.05, 4.69) is 10.3 Å². The topological polar surface area (TPSA) is 79.4 Å². The molecule has 2 heterocycles. The van der Waals surface area contributed by atoms with Crippen LogP contribution in [0.4, 0.5) is 5.69 Å². The van der Waals surface area contributed by atoms with Gasteiger partial charge in [0, 0.05) is 22.8 Å². The van der Waals surface area contributed by atoms with Crippen LogP contribution in [0.2, 0.25) is 0 Å². The van der Waals surface area contributed by atoms with Gasteiger partial charge in [-0.05, 0) is 44.0 Å². The quantitative estimate of drug-likeness (QED) is 0.822. The summed E-state index contributed by atoms with van der Waals surface area (Å²) in [7, 11) is 0. The summed E-state index contributed by atoms with van der Waals surface area (Å²) in [5, 5.41) is 5.64. The molecule has 1 N–H and O–H groups in total. The highest BCUT2D eigenvalue weighted by atomic mass is 32.1. The average molecular weight is 383 g/mol. The Morgan fingerprint density at radius 1 is 1.15 bits per heavy atom. The first-order valence-corrected chi connectivity index (χ1v) is 10.1. The van der Waals surface area contributed by atoms with Gasteiger partial charge < -0.3 is 5.32 Å². The van der Waals surface area contributed by atoms with E-state index in [0.29, 0.717) is 5.69 Å². The SMILES string of the molecule is C[C@@H](C(=O)Nc1ccc(-c2nccs2)cc1)N1C(=O)C2CCCCC2C1=O. The van der Waals surface area contributed by atoms with Crippen molar-refractivity contribution in [3.05, 3.63) is 35.8 Å². The molecule has 7 heteroatoms. The number of hydrogen-bond donors (Lipinski definition) is 1. The summed E-state index contributed by atoms with van der Waals surface area (Å²) >= 11 is 1.55. The Morgan fingerprint density at radius 3 is 2.33 bits per heavy atom. The Morgan fingerprint density at radius 2 is 1.78 bits per heavy atom. The number of hydrogen-bond acceptors (Lipinski definition) is 5. The summed E-state index contributed by atoms with van der Waals surface area (Å²) in [5.74, 6) is -1.20. The molecule has 0 spiro atoms. The van der Waals surface area contributed by atoms with Crippen molar-refractivity contribution in [2.75, 3.05) is 5.32 Å². The van der Waals surface area contributed by atoms with Gasteiger partial charge in [0.1, 0.15) is 11.0 Å². The number of amides is 3. The number of rotatable bonds is 4. The maximum absolute atomic E-state index is 12.6. The fourth-order valence-electron chi connectivity index (χ4n) is 4.00. The summed E-state index contributed by atoms with van der Waals surface area (Å²) in [6, 6.07) is 6.57. The van der Waals surface area contributed by atoms with Gasteiger partial charge >= 0.3 is 0 Å². The fourth-order valence-corrected chi connectivity index (χ4v) is 4.64. The van der Waals surface area contributed by atoms with Crippen molar-refractivity contribution in [2.45, 2.75) is 38.6 Å². The van der Waals surface area contributed by atoms with Gasteiger partial charge in [0.2, 0.25) is 17.7 Å². The largest absolute Gasteiger partial charge is 0.324 e. The van der Waals surface area contributed by atoms with Gasteiger partial charge in [-0.15, -0.1) is 11.3 Å². The number of aromatic nitrogens is 1. The van der Waals surface area contributed by atoms with Crippen molar-refractivity contribution in [2.24, 2.45) is 11.8 Å². The summed E-state index contributed by atoms with van der Waals surface area (Å²) in [4.78, 5) is 43.4. The molecule has 2 aliphatic rings. The van der Waals surface area contributed by atoms with E-state index in [1.165, 1.54) is 4.90 Å².